The number of amides is 9. The van der Waals surface area contributed by atoms with Crippen molar-refractivity contribution in [3.05, 3.63) is 29.8 Å². The molecule has 356 valence electrons. The van der Waals surface area contributed by atoms with Crippen molar-refractivity contribution >= 4 is 74.8 Å². The van der Waals surface area contributed by atoms with Gasteiger partial charge in [-0.15, -0.1) is 0 Å². The highest BCUT2D eigenvalue weighted by Gasteiger charge is 2.41. The van der Waals surface area contributed by atoms with Gasteiger partial charge in [0.1, 0.15) is 48.0 Å². The van der Waals surface area contributed by atoms with Crippen LogP contribution in [0.3, 0.4) is 0 Å². The Hall–Kier alpha value is -5.13. The highest BCUT2D eigenvalue weighted by atomic mass is 33.1. The van der Waals surface area contributed by atoms with Crippen LogP contribution >= 0.6 is 21.6 Å². The lowest BCUT2D eigenvalue weighted by molar-refractivity contribution is -0.142. The Kier molecular flexibility index (Phi) is 22.1. The molecule has 0 saturated carbocycles. The highest BCUT2D eigenvalue weighted by Crippen LogP contribution is 2.26. The van der Waals surface area contributed by atoms with Gasteiger partial charge < -0.3 is 63.8 Å². The number of hydrogen-bond acceptors (Lipinski definition) is 14. The van der Waals surface area contributed by atoms with Crippen LogP contribution in [-0.4, -0.2) is 143 Å². The number of carbonyl (C=O) groups is 9. The zero-order valence-electron chi connectivity index (χ0n) is 36.7. The Morgan fingerprint density at radius 3 is 2.16 bits per heavy atom. The molecular weight excluding hydrogens is 873 g/mol. The number of ether oxygens (including phenoxy) is 1. The molecule has 23 heteroatoms. The van der Waals surface area contributed by atoms with Crippen molar-refractivity contribution < 1.29 is 53.0 Å². The second-order valence-corrected chi connectivity index (χ2v) is 18.4. The predicted octanol–water partition coefficient (Wildman–Crippen LogP) is -2.16. The molecule has 2 aliphatic rings. The summed E-state index contributed by atoms with van der Waals surface area (Å²) in [6.45, 7) is 7.34. The summed E-state index contributed by atoms with van der Waals surface area (Å²) in [4.78, 5) is 122. The topological polar surface area (TPSA) is 337 Å². The molecule has 2 saturated heterocycles. The molecule has 21 nitrogen and oxygen atoms in total. The van der Waals surface area contributed by atoms with Crippen molar-refractivity contribution in [1.29, 1.82) is 0 Å². The molecule has 0 spiro atoms. The molecule has 1 aromatic carbocycles. The van der Waals surface area contributed by atoms with Gasteiger partial charge in [-0.2, -0.15) is 0 Å². The number of aliphatic hydroxyl groups excluding tert-OH is 1. The van der Waals surface area contributed by atoms with Gasteiger partial charge >= 0.3 is 0 Å². The molecule has 2 aliphatic heterocycles. The van der Waals surface area contributed by atoms with Crippen LogP contribution in [0, 0.1) is 5.92 Å². The van der Waals surface area contributed by atoms with E-state index in [-0.39, 0.29) is 50.3 Å². The lowest BCUT2D eigenvalue weighted by Gasteiger charge is -2.31. The Balaban J connectivity index is 1.99. The average molecular weight is 937 g/mol. The summed E-state index contributed by atoms with van der Waals surface area (Å²) in [7, 11) is 2.31. The van der Waals surface area contributed by atoms with Crippen LogP contribution in [0.25, 0.3) is 0 Å². The van der Waals surface area contributed by atoms with E-state index in [2.05, 4.69) is 31.9 Å². The van der Waals surface area contributed by atoms with Gasteiger partial charge in [0.25, 0.3) is 0 Å². The van der Waals surface area contributed by atoms with E-state index in [1.165, 1.54) is 22.6 Å². The van der Waals surface area contributed by atoms with Gasteiger partial charge in [-0.05, 0) is 69.7 Å². The van der Waals surface area contributed by atoms with Crippen LogP contribution in [0.1, 0.15) is 78.2 Å². The van der Waals surface area contributed by atoms with Gasteiger partial charge in [-0.25, -0.2) is 0 Å². The van der Waals surface area contributed by atoms with Crippen molar-refractivity contribution in [3.8, 4) is 5.75 Å². The van der Waals surface area contributed by atoms with Gasteiger partial charge in [0.2, 0.25) is 53.2 Å². The molecule has 13 N–H and O–H groups in total. The SMILES string of the molecule is CCOc1ccc(C[C@H]2NC(=O)CCSSC[C@@H](C(=O)N3CCC[C@H]3C(=O)N[C@@H](CCCN)C(N)=O)NC(=O)[C@H](CC(N)=O)NC(=O)[C@H]([C@@H](C)O)NC(=O)[C@H]([C@@H](C)CC)NC2=O)cc1. The normalized spacial score (nSPS) is 24.7. The zero-order valence-corrected chi connectivity index (χ0v) is 38.4. The van der Waals surface area contributed by atoms with E-state index in [1.54, 1.807) is 38.1 Å². The molecule has 0 bridgehead atoms. The first-order chi connectivity index (χ1) is 30.4. The number of nitrogens with two attached hydrogens (primary N) is 3. The van der Waals surface area contributed by atoms with Crippen LogP contribution in [0.5, 0.6) is 5.75 Å². The van der Waals surface area contributed by atoms with Gasteiger partial charge in [-0.1, -0.05) is 54.0 Å². The fraction of sp³-hybridized carbons (Fsp3) is 0.634. The maximum atomic E-state index is 14.3. The van der Waals surface area contributed by atoms with Gasteiger partial charge in [0.15, 0.2) is 0 Å². The number of hydrogen-bond donors (Lipinski definition) is 10. The third kappa shape index (κ3) is 16.5. The number of nitrogens with zero attached hydrogens (tertiary/aromatic N) is 1. The maximum absolute atomic E-state index is 14.3. The average Bonchev–Trinajstić information content (AvgIpc) is 3.75. The molecule has 1 aromatic rings. The van der Waals surface area contributed by atoms with Gasteiger partial charge in [-0.3, -0.25) is 43.2 Å². The number of nitrogens with one attached hydrogen (secondary N) is 6. The number of benzene rings is 1. The molecule has 2 heterocycles. The Labute approximate surface area is 380 Å². The monoisotopic (exact) mass is 936 g/mol. The summed E-state index contributed by atoms with van der Waals surface area (Å²) < 4.78 is 5.53. The standard InChI is InChI=1S/C41H64N10O11S2/c1-5-22(3)33-39(59)50-34(23(4)52)40(60)47-28(20-31(43)53)36(56)48-29(41(61)51-17-8-10-30(51)38(58)46-26(35(44)55)9-7-16-42)21-64-63-18-15-32(54)45-27(37(57)49-33)19-24-11-13-25(14-12-24)62-6-2/h11-14,22-23,26-30,33-34,52H,5-10,15-21,42H2,1-4H3,(H2,43,53)(H2,44,55)(H,45,54)(H,46,58)(H,47,60)(H,48,56)(H,49,57)(H,50,59)/t22-,23+,26-,27+,28-,29-,30-,33-,34-/m0/s1. The first-order valence-electron chi connectivity index (χ1n) is 21.4. The minimum Gasteiger partial charge on any atom is -0.494 e. The fourth-order valence-electron chi connectivity index (χ4n) is 7.01. The first kappa shape index (κ1) is 53.2. The molecule has 0 unspecified atom stereocenters. The molecule has 64 heavy (non-hydrogen) atoms. The molecule has 3 rings (SSSR count). The van der Waals surface area contributed by atoms with Crippen LogP contribution in [0.4, 0.5) is 0 Å². The van der Waals surface area contributed by atoms with Crippen LogP contribution in [-0.2, 0) is 49.6 Å². The minimum atomic E-state index is -1.72. The molecule has 0 radical (unpaired) electrons. The summed E-state index contributed by atoms with van der Waals surface area (Å²) in [6.07, 6.45) is -0.728. The highest BCUT2D eigenvalue weighted by molar-refractivity contribution is 8.76. The van der Waals surface area contributed by atoms with Crippen molar-refractivity contribution in [2.24, 2.45) is 23.1 Å². The number of carbonyl (C=O) groups excluding carboxylic acids is 9. The van der Waals surface area contributed by atoms with E-state index in [4.69, 9.17) is 21.9 Å². The molecule has 9 atom stereocenters. The van der Waals surface area contributed by atoms with E-state index >= 15 is 0 Å². The number of likely N-dealkylation sites (tertiary alicyclic amines) is 1. The number of aliphatic hydroxyl groups is 1. The van der Waals surface area contributed by atoms with Crippen LogP contribution in [0.2, 0.25) is 0 Å². The van der Waals surface area contributed by atoms with Crippen molar-refractivity contribution in [2.45, 2.75) is 127 Å². The summed E-state index contributed by atoms with van der Waals surface area (Å²) in [5, 5.41) is 26.3. The molecule has 0 aliphatic carbocycles. The van der Waals surface area contributed by atoms with Gasteiger partial charge in [0, 0.05) is 30.9 Å². The first-order valence-corrected chi connectivity index (χ1v) is 23.9. The summed E-state index contributed by atoms with van der Waals surface area (Å²) >= 11 is 0. The minimum absolute atomic E-state index is 0.0383. The van der Waals surface area contributed by atoms with Gasteiger partial charge in [0.05, 0.1) is 19.1 Å². The Morgan fingerprint density at radius 1 is 0.891 bits per heavy atom. The summed E-state index contributed by atoms with van der Waals surface area (Å²) in [5.41, 5.74) is 17.2. The third-order valence-corrected chi connectivity index (χ3v) is 13.2. The molecule has 2 fully saturated rings. The molecule has 0 aromatic heterocycles. The van der Waals surface area contributed by atoms with E-state index in [1.807, 2.05) is 6.92 Å². The van der Waals surface area contributed by atoms with E-state index in [0.717, 1.165) is 10.8 Å². The van der Waals surface area contributed by atoms with E-state index in [9.17, 15) is 48.3 Å². The second kappa shape index (κ2) is 26.6. The quantitative estimate of drug-likeness (QED) is 0.0790. The summed E-state index contributed by atoms with van der Waals surface area (Å²) in [6, 6.07) is -2.30. The second-order valence-electron chi connectivity index (χ2n) is 15.7. The number of rotatable bonds is 16. The van der Waals surface area contributed by atoms with Crippen LogP contribution < -0.4 is 53.8 Å². The molecule has 9 amide bonds. The van der Waals surface area contributed by atoms with Crippen molar-refractivity contribution in [3.63, 3.8) is 0 Å². The third-order valence-electron chi connectivity index (χ3n) is 10.8. The Morgan fingerprint density at radius 2 is 1.55 bits per heavy atom. The smallest absolute Gasteiger partial charge is 0.246 e. The zero-order chi connectivity index (χ0) is 47.5. The Bertz CT molecular complexity index is 1810. The molecular formula is C41H64N10O11S2. The maximum Gasteiger partial charge on any atom is 0.246 e. The number of primary amides is 2. The van der Waals surface area contributed by atoms with Crippen molar-refractivity contribution in [1.82, 2.24) is 36.8 Å². The van der Waals surface area contributed by atoms with E-state index < -0.39 is 114 Å². The van der Waals surface area contributed by atoms with Crippen LogP contribution in [0.15, 0.2) is 24.3 Å². The van der Waals surface area contributed by atoms with Crippen molar-refractivity contribution in [2.75, 3.05) is 31.2 Å². The fourth-order valence-corrected chi connectivity index (χ4v) is 9.16. The largest absolute Gasteiger partial charge is 0.494 e. The predicted molar refractivity (Wildman–Crippen MR) is 240 cm³/mol. The lowest BCUT2D eigenvalue weighted by Crippen LogP contribution is -2.63. The lowest BCUT2D eigenvalue weighted by atomic mass is 9.96. The summed E-state index contributed by atoms with van der Waals surface area (Å²) in [5.74, 6) is -7.07. The van der Waals surface area contributed by atoms with E-state index in [0.29, 0.717) is 37.2 Å².